The summed E-state index contributed by atoms with van der Waals surface area (Å²) in [5, 5.41) is 24.1. The molecule has 0 aromatic heterocycles. The van der Waals surface area contributed by atoms with E-state index in [1.165, 1.54) is 25.1 Å². The molecule has 2 N–H and O–H groups in total. The molecule has 1 aliphatic heterocycles. The summed E-state index contributed by atoms with van der Waals surface area (Å²) in [6, 6.07) is 5.22. The molecule has 0 amide bonds. The van der Waals surface area contributed by atoms with Crippen LogP contribution < -0.4 is 5.32 Å². The number of nitro groups is 1. The van der Waals surface area contributed by atoms with E-state index in [9.17, 15) is 24.8 Å². The lowest BCUT2D eigenvalue weighted by molar-refractivity contribution is -0.384. The number of carboxylic acids is 1. The lowest BCUT2D eigenvalue weighted by atomic mass is 9.63. The number of benzene rings is 1. The maximum Gasteiger partial charge on any atom is 0.336 e. The third kappa shape index (κ3) is 3.14. The zero-order valence-electron chi connectivity index (χ0n) is 15.1. The average Bonchev–Trinajstić information content (AvgIpc) is 2.57. The van der Waals surface area contributed by atoms with Gasteiger partial charge in [0.15, 0.2) is 0 Å². The van der Waals surface area contributed by atoms with Gasteiger partial charge in [-0.3, -0.25) is 14.9 Å². The van der Waals surface area contributed by atoms with E-state index in [2.05, 4.69) is 5.32 Å². The van der Waals surface area contributed by atoms with E-state index in [-0.39, 0.29) is 17.9 Å². The molecular weight excluding hydrogens is 340 g/mol. The number of carbonyl (C=O) groups excluding carboxylic acids is 1. The largest absolute Gasteiger partial charge is 0.481 e. The monoisotopic (exact) mass is 362 g/mol. The van der Waals surface area contributed by atoms with Crippen molar-refractivity contribution in [2.75, 3.05) is 6.61 Å². The maximum absolute atomic E-state index is 12.6. The number of nitro benzene ring substituents is 1. The fourth-order valence-corrected chi connectivity index (χ4v) is 3.44. The summed E-state index contributed by atoms with van der Waals surface area (Å²) < 4.78 is 5.13. The highest BCUT2D eigenvalue weighted by molar-refractivity contribution is 5.94. The van der Waals surface area contributed by atoms with Crippen molar-refractivity contribution in [3.8, 4) is 0 Å². The third-order valence-electron chi connectivity index (χ3n) is 5.00. The van der Waals surface area contributed by atoms with Crippen molar-refractivity contribution in [3.05, 3.63) is 51.2 Å². The molecule has 140 valence electrons. The van der Waals surface area contributed by atoms with Gasteiger partial charge in [0.05, 0.1) is 22.5 Å². The number of aliphatic carboxylic acids is 1. The smallest absolute Gasteiger partial charge is 0.336 e. The molecule has 0 spiro atoms. The number of nitrogens with zero attached hydrogens (tertiary/aromatic N) is 1. The molecule has 3 atom stereocenters. The highest BCUT2D eigenvalue weighted by Gasteiger charge is 2.53. The highest BCUT2D eigenvalue weighted by Crippen LogP contribution is 2.48. The van der Waals surface area contributed by atoms with Gasteiger partial charge in [-0.2, -0.15) is 0 Å². The van der Waals surface area contributed by atoms with Crippen molar-refractivity contribution in [1.29, 1.82) is 0 Å². The van der Waals surface area contributed by atoms with Crippen LogP contribution in [0.2, 0.25) is 0 Å². The fourth-order valence-electron chi connectivity index (χ4n) is 3.44. The summed E-state index contributed by atoms with van der Waals surface area (Å²) in [4.78, 5) is 35.4. The highest BCUT2D eigenvalue weighted by atomic mass is 16.6. The van der Waals surface area contributed by atoms with Crippen molar-refractivity contribution in [1.82, 2.24) is 5.32 Å². The number of hydrogen-bond donors (Lipinski definition) is 2. The molecule has 8 nitrogen and oxygen atoms in total. The number of carboxylic acid groups (broad SMARTS) is 1. The fraction of sp³-hybridized carbons (Fsp3) is 0.444. The van der Waals surface area contributed by atoms with E-state index in [1.807, 2.05) is 0 Å². The quantitative estimate of drug-likeness (QED) is 0.469. The van der Waals surface area contributed by atoms with Crippen molar-refractivity contribution in [2.24, 2.45) is 5.41 Å². The summed E-state index contributed by atoms with van der Waals surface area (Å²) in [6.45, 7) is 6.71. The van der Waals surface area contributed by atoms with Crippen LogP contribution in [-0.4, -0.2) is 34.6 Å². The Morgan fingerprint density at radius 1 is 1.42 bits per heavy atom. The van der Waals surface area contributed by atoms with Crippen LogP contribution in [0.5, 0.6) is 0 Å². The number of hydrogen-bond acceptors (Lipinski definition) is 6. The van der Waals surface area contributed by atoms with Crippen molar-refractivity contribution >= 4 is 17.6 Å². The Morgan fingerprint density at radius 3 is 2.62 bits per heavy atom. The number of carbonyl (C=O) groups is 2. The molecule has 0 saturated carbocycles. The Morgan fingerprint density at radius 2 is 2.08 bits per heavy atom. The number of non-ortho nitro benzene ring substituents is 1. The second-order valence-corrected chi connectivity index (χ2v) is 6.50. The van der Waals surface area contributed by atoms with Crippen molar-refractivity contribution in [2.45, 2.75) is 39.7 Å². The maximum atomic E-state index is 12.6. The predicted molar refractivity (Wildman–Crippen MR) is 93.5 cm³/mol. The average molecular weight is 362 g/mol. The molecule has 2 rings (SSSR count). The lowest BCUT2D eigenvalue weighted by Crippen LogP contribution is -2.54. The number of allylic oxidation sites excluding steroid dienone is 1. The van der Waals surface area contributed by atoms with Gasteiger partial charge in [0.2, 0.25) is 0 Å². The topological polar surface area (TPSA) is 119 Å². The molecule has 0 fully saturated rings. The Labute approximate surface area is 151 Å². The molecule has 0 aliphatic carbocycles. The number of rotatable bonds is 5. The second-order valence-electron chi connectivity index (χ2n) is 6.50. The summed E-state index contributed by atoms with van der Waals surface area (Å²) in [5.74, 6) is -2.63. The van der Waals surface area contributed by atoms with E-state index < -0.39 is 34.2 Å². The first kappa shape index (κ1) is 19.4. The van der Waals surface area contributed by atoms with Gasteiger partial charge in [-0.05, 0) is 33.3 Å². The minimum absolute atomic E-state index is 0.136. The normalized spacial score (nSPS) is 25.4. The van der Waals surface area contributed by atoms with E-state index in [0.717, 1.165) is 0 Å². The van der Waals surface area contributed by atoms with Crippen LogP contribution in [0.3, 0.4) is 0 Å². The van der Waals surface area contributed by atoms with E-state index in [0.29, 0.717) is 11.3 Å². The molecule has 26 heavy (non-hydrogen) atoms. The standard InChI is InChI=1S/C18H22N2O6/c1-5-26-16(21)14-10(2)19-11(3)18(4,17(22)23)15(14)12-7-6-8-13(9-12)20(24)25/h6-9,11,15,19H,5H2,1-4H3,(H,22,23). The van der Waals surface area contributed by atoms with Gasteiger partial charge in [-0.15, -0.1) is 0 Å². The van der Waals surface area contributed by atoms with E-state index in [1.54, 1.807) is 26.8 Å². The number of esters is 1. The second kappa shape index (κ2) is 7.15. The predicted octanol–water partition coefficient (Wildman–Crippen LogP) is 2.60. The first-order valence-corrected chi connectivity index (χ1v) is 8.26. The van der Waals surface area contributed by atoms with Gasteiger partial charge < -0.3 is 15.2 Å². The van der Waals surface area contributed by atoms with Crippen LogP contribution in [-0.2, 0) is 14.3 Å². The van der Waals surface area contributed by atoms with Crippen LogP contribution in [0.4, 0.5) is 5.69 Å². The van der Waals surface area contributed by atoms with E-state index in [4.69, 9.17) is 4.74 Å². The van der Waals surface area contributed by atoms with E-state index >= 15 is 0 Å². The molecule has 1 aromatic rings. The Hall–Kier alpha value is -2.90. The third-order valence-corrected chi connectivity index (χ3v) is 5.00. The van der Waals surface area contributed by atoms with Gasteiger partial charge in [0.25, 0.3) is 5.69 Å². The first-order valence-electron chi connectivity index (χ1n) is 8.26. The minimum Gasteiger partial charge on any atom is -0.481 e. The number of ether oxygens (including phenoxy) is 1. The van der Waals surface area contributed by atoms with Crippen LogP contribution in [0, 0.1) is 15.5 Å². The lowest BCUT2D eigenvalue weighted by Gasteiger charge is -2.44. The Balaban J connectivity index is 2.75. The van der Waals surface area contributed by atoms with Crippen molar-refractivity contribution < 1.29 is 24.4 Å². The summed E-state index contributed by atoms with van der Waals surface area (Å²) in [6.07, 6.45) is 0. The summed E-state index contributed by atoms with van der Waals surface area (Å²) >= 11 is 0. The van der Waals surface area contributed by atoms with Gasteiger partial charge in [-0.25, -0.2) is 4.79 Å². The summed E-state index contributed by atoms with van der Waals surface area (Å²) in [5.41, 5.74) is -0.500. The molecule has 3 unspecified atom stereocenters. The minimum atomic E-state index is -1.41. The molecule has 1 aliphatic rings. The SMILES string of the molecule is CCOC(=O)C1=C(C)NC(C)C(C)(C(=O)O)C1c1cccc([N+](=O)[O-])c1. The van der Waals surface area contributed by atoms with Crippen LogP contribution in [0.15, 0.2) is 35.5 Å². The zero-order chi connectivity index (χ0) is 19.6. The molecule has 0 bridgehead atoms. The summed E-state index contributed by atoms with van der Waals surface area (Å²) in [7, 11) is 0. The van der Waals surface area contributed by atoms with Gasteiger partial charge >= 0.3 is 11.9 Å². The Kier molecular flexibility index (Phi) is 5.34. The van der Waals surface area contributed by atoms with Crippen LogP contribution in [0.1, 0.15) is 39.2 Å². The van der Waals surface area contributed by atoms with Gasteiger partial charge in [-0.1, -0.05) is 12.1 Å². The first-order chi connectivity index (χ1) is 12.1. The van der Waals surface area contributed by atoms with Gasteiger partial charge in [0, 0.05) is 29.8 Å². The molecule has 0 saturated heterocycles. The van der Waals surface area contributed by atoms with Crippen molar-refractivity contribution in [3.63, 3.8) is 0 Å². The number of nitrogens with one attached hydrogen (secondary N) is 1. The Bertz CT molecular complexity index is 788. The molecular formula is C18H22N2O6. The molecule has 1 heterocycles. The van der Waals surface area contributed by atoms with Crippen LogP contribution >= 0.6 is 0 Å². The molecule has 0 radical (unpaired) electrons. The molecule has 1 aromatic carbocycles. The zero-order valence-corrected chi connectivity index (χ0v) is 15.1. The molecule has 8 heteroatoms. The van der Waals surface area contributed by atoms with Crippen LogP contribution in [0.25, 0.3) is 0 Å². The van der Waals surface area contributed by atoms with Gasteiger partial charge in [0.1, 0.15) is 0 Å².